The molecule has 0 saturated carbocycles. The van der Waals surface area contributed by atoms with Crippen molar-refractivity contribution >= 4 is 18.0 Å². The largest absolute Gasteiger partial charge is 0.461 e. The first kappa shape index (κ1) is 46.2. The molecule has 0 fully saturated rings. The molecule has 8 nitrogen and oxygen atoms in total. The molecule has 1 amide bonds. The van der Waals surface area contributed by atoms with Crippen molar-refractivity contribution in [2.45, 2.75) is 174 Å². The molecular formula is C41H74N2O6. The Kier molecular flexibility index (Phi) is 34.4. The van der Waals surface area contributed by atoms with E-state index in [2.05, 4.69) is 31.3 Å². The van der Waals surface area contributed by atoms with Crippen molar-refractivity contribution < 1.29 is 28.6 Å². The third-order valence-electron chi connectivity index (χ3n) is 8.37. The van der Waals surface area contributed by atoms with Crippen molar-refractivity contribution in [1.29, 1.82) is 0 Å². The van der Waals surface area contributed by atoms with Crippen LogP contribution in [0.3, 0.4) is 0 Å². The Labute approximate surface area is 300 Å². The van der Waals surface area contributed by atoms with Gasteiger partial charge in [0.15, 0.2) is 0 Å². The van der Waals surface area contributed by atoms with Crippen LogP contribution in [0.5, 0.6) is 0 Å². The number of nitrogens with zero attached hydrogens (tertiary/aromatic N) is 1. The number of alkyl carbamates (subject to hydrolysis) is 1. The summed E-state index contributed by atoms with van der Waals surface area (Å²) < 4.78 is 16.0. The van der Waals surface area contributed by atoms with Gasteiger partial charge in [-0.2, -0.15) is 0 Å². The van der Waals surface area contributed by atoms with Gasteiger partial charge in [0.1, 0.15) is 19.8 Å². The fraction of sp³-hybridized carbons (Fsp3) is 0.780. The Balaban J connectivity index is 4.18. The van der Waals surface area contributed by atoms with Crippen LogP contribution in [0.15, 0.2) is 36.6 Å². The molecule has 0 bridgehead atoms. The second-order valence-electron chi connectivity index (χ2n) is 13.4. The first-order valence-electron chi connectivity index (χ1n) is 19.8. The average molecular weight is 691 g/mol. The normalized spacial score (nSPS) is 11.6. The second-order valence-corrected chi connectivity index (χ2v) is 13.4. The SMILES string of the molecule is CCCCCC/C=C\COC(=O)CCCCCCCC(CCCCCCCC(=O)OC/C=C\CCCCCC)NC(=O)OC/C=C/N(C)C. The van der Waals surface area contributed by atoms with Crippen molar-refractivity contribution in [2.24, 2.45) is 0 Å². The van der Waals surface area contributed by atoms with E-state index >= 15 is 0 Å². The topological polar surface area (TPSA) is 94.2 Å². The number of ether oxygens (including phenoxy) is 3. The molecule has 0 aromatic rings. The molecule has 8 heteroatoms. The van der Waals surface area contributed by atoms with Gasteiger partial charge in [-0.15, -0.1) is 0 Å². The number of hydrogen-bond acceptors (Lipinski definition) is 7. The van der Waals surface area contributed by atoms with E-state index in [1.165, 1.54) is 51.4 Å². The Bertz CT molecular complexity index is 818. The first-order chi connectivity index (χ1) is 23.9. The molecule has 49 heavy (non-hydrogen) atoms. The summed E-state index contributed by atoms with van der Waals surface area (Å²) in [5, 5.41) is 3.08. The molecule has 0 rings (SSSR count). The average Bonchev–Trinajstić information content (AvgIpc) is 3.07. The van der Waals surface area contributed by atoms with Crippen LogP contribution in [0, 0.1) is 0 Å². The molecule has 0 unspecified atom stereocenters. The fourth-order valence-electron chi connectivity index (χ4n) is 5.43. The second kappa shape index (κ2) is 36.5. The smallest absolute Gasteiger partial charge is 0.407 e. The first-order valence-corrected chi connectivity index (χ1v) is 19.8. The molecule has 0 spiro atoms. The summed E-state index contributed by atoms with van der Waals surface area (Å²) >= 11 is 0. The number of nitrogens with one attached hydrogen (secondary N) is 1. The van der Waals surface area contributed by atoms with E-state index in [1.54, 1.807) is 0 Å². The van der Waals surface area contributed by atoms with E-state index < -0.39 is 0 Å². The number of amides is 1. The molecule has 0 aromatic carbocycles. The third kappa shape index (κ3) is 36.3. The van der Waals surface area contributed by atoms with Crippen LogP contribution >= 0.6 is 0 Å². The quantitative estimate of drug-likeness (QED) is 0.0311. The van der Waals surface area contributed by atoms with Gasteiger partial charge in [0, 0.05) is 33.0 Å². The standard InChI is InChI=1S/C41H74N2O6/c1-5-7-9-11-13-21-27-35-47-39(44)32-25-19-15-17-23-30-38(42-41(46)49-37-29-34-43(3)4)31-24-18-16-20-26-33-40(45)48-36-28-22-14-12-10-8-6-2/h21-22,27-29,34,38H,5-20,23-26,30-33,35-37H2,1-4H3,(H,42,46)/b27-21-,28-22-,34-29+. The van der Waals surface area contributed by atoms with Crippen molar-refractivity contribution in [3.8, 4) is 0 Å². The maximum absolute atomic E-state index is 12.4. The molecule has 0 saturated heterocycles. The van der Waals surface area contributed by atoms with Crippen molar-refractivity contribution in [3.63, 3.8) is 0 Å². The Hall–Kier alpha value is -2.77. The van der Waals surface area contributed by atoms with Gasteiger partial charge in [-0.1, -0.05) is 128 Å². The molecule has 0 aliphatic rings. The Morgan fingerprint density at radius 3 is 1.43 bits per heavy atom. The summed E-state index contributed by atoms with van der Waals surface area (Å²) in [7, 11) is 3.85. The molecular weight excluding hydrogens is 616 g/mol. The summed E-state index contributed by atoms with van der Waals surface area (Å²) in [5.41, 5.74) is 0. The monoisotopic (exact) mass is 691 g/mol. The Morgan fingerprint density at radius 2 is 0.959 bits per heavy atom. The maximum Gasteiger partial charge on any atom is 0.407 e. The van der Waals surface area contributed by atoms with Gasteiger partial charge in [-0.25, -0.2) is 4.79 Å². The van der Waals surface area contributed by atoms with E-state index in [4.69, 9.17) is 14.2 Å². The molecule has 0 aliphatic carbocycles. The molecule has 284 valence electrons. The number of carbonyl (C=O) groups is 3. The zero-order valence-electron chi connectivity index (χ0n) is 32.0. The van der Waals surface area contributed by atoms with Gasteiger partial charge in [-0.05, 0) is 63.6 Å². The summed E-state index contributed by atoms with van der Waals surface area (Å²) in [6.07, 6.45) is 36.3. The number of unbranched alkanes of at least 4 members (excludes halogenated alkanes) is 16. The highest BCUT2D eigenvalue weighted by molar-refractivity contribution is 5.69. The summed E-state index contributed by atoms with van der Waals surface area (Å²) in [5.74, 6) is -0.231. The number of esters is 2. The van der Waals surface area contributed by atoms with Crippen LogP contribution in [0.1, 0.15) is 168 Å². The number of rotatable bonds is 34. The highest BCUT2D eigenvalue weighted by Gasteiger charge is 2.13. The van der Waals surface area contributed by atoms with Gasteiger partial charge in [-0.3, -0.25) is 9.59 Å². The van der Waals surface area contributed by atoms with Gasteiger partial charge >= 0.3 is 18.0 Å². The zero-order chi connectivity index (χ0) is 36.0. The molecule has 0 heterocycles. The fourth-order valence-corrected chi connectivity index (χ4v) is 5.43. The van der Waals surface area contributed by atoms with E-state index in [-0.39, 0.29) is 30.7 Å². The molecule has 1 N–H and O–H groups in total. The van der Waals surface area contributed by atoms with Gasteiger partial charge in [0.2, 0.25) is 0 Å². The van der Waals surface area contributed by atoms with Gasteiger partial charge in [0.05, 0.1) is 0 Å². The van der Waals surface area contributed by atoms with Gasteiger partial charge in [0.25, 0.3) is 0 Å². The predicted octanol–water partition coefficient (Wildman–Crippen LogP) is 10.8. The minimum Gasteiger partial charge on any atom is -0.461 e. The predicted molar refractivity (Wildman–Crippen MR) is 203 cm³/mol. The van der Waals surface area contributed by atoms with Crippen LogP contribution in [0.25, 0.3) is 0 Å². The van der Waals surface area contributed by atoms with Crippen molar-refractivity contribution in [2.75, 3.05) is 33.9 Å². The molecule has 0 aromatic heterocycles. The summed E-state index contributed by atoms with van der Waals surface area (Å²) in [6, 6.07) is 0.0784. The number of hydrogen-bond donors (Lipinski definition) is 1. The lowest BCUT2D eigenvalue weighted by atomic mass is 10.00. The minimum atomic E-state index is -0.372. The highest BCUT2D eigenvalue weighted by Crippen LogP contribution is 2.15. The van der Waals surface area contributed by atoms with Crippen LogP contribution in [-0.2, 0) is 23.8 Å². The lowest BCUT2D eigenvalue weighted by Gasteiger charge is -2.18. The van der Waals surface area contributed by atoms with E-state index in [0.717, 1.165) is 89.9 Å². The summed E-state index contributed by atoms with van der Waals surface area (Å²) in [4.78, 5) is 38.3. The Morgan fingerprint density at radius 1 is 0.531 bits per heavy atom. The van der Waals surface area contributed by atoms with E-state index in [0.29, 0.717) is 26.1 Å². The minimum absolute atomic E-state index is 0.0784. The number of carbonyl (C=O) groups excluding carboxylic acids is 3. The summed E-state index contributed by atoms with van der Waals surface area (Å²) in [6.45, 7) is 5.42. The number of allylic oxidation sites excluding steroid dienone is 2. The molecule has 0 atom stereocenters. The van der Waals surface area contributed by atoms with Crippen LogP contribution in [-0.4, -0.2) is 62.9 Å². The third-order valence-corrected chi connectivity index (χ3v) is 8.37. The van der Waals surface area contributed by atoms with Crippen LogP contribution in [0.2, 0.25) is 0 Å². The van der Waals surface area contributed by atoms with Crippen molar-refractivity contribution in [1.82, 2.24) is 10.2 Å². The van der Waals surface area contributed by atoms with Gasteiger partial charge < -0.3 is 24.4 Å². The lowest BCUT2D eigenvalue weighted by Crippen LogP contribution is -2.35. The van der Waals surface area contributed by atoms with E-state index in [9.17, 15) is 14.4 Å². The zero-order valence-corrected chi connectivity index (χ0v) is 32.0. The maximum atomic E-state index is 12.4. The molecule has 0 aliphatic heterocycles. The van der Waals surface area contributed by atoms with Crippen LogP contribution < -0.4 is 5.32 Å². The van der Waals surface area contributed by atoms with E-state index in [1.807, 2.05) is 43.4 Å². The highest BCUT2D eigenvalue weighted by atomic mass is 16.5. The van der Waals surface area contributed by atoms with Crippen molar-refractivity contribution in [3.05, 3.63) is 36.6 Å². The van der Waals surface area contributed by atoms with Crippen LogP contribution in [0.4, 0.5) is 4.79 Å². The lowest BCUT2D eigenvalue weighted by molar-refractivity contribution is -0.143. The molecule has 0 radical (unpaired) electrons.